The van der Waals surface area contributed by atoms with Gasteiger partial charge < -0.3 is 48.5 Å². The molecule has 114 valence electrons. The van der Waals surface area contributed by atoms with Gasteiger partial charge in [0.25, 0.3) is 0 Å². The van der Waals surface area contributed by atoms with E-state index in [4.69, 9.17) is 4.74 Å². The first-order valence-corrected chi connectivity index (χ1v) is 6.37. The van der Waals surface area contributed by atoms with Crippen molar-refractivity contribution in [2.75, 3.05) is 27.8 Å². The molecule has 1 aliphatic rings. The summed E-state index contributed by atoms with van der Waals surface area (Å²) in [6.07, 6.45) is -1.81. The number of quaternary nitrogens is 1. The van der Waals surface area contributed by atoms with Crippen molar-refractivity contribution in [2.24, 2.45) is 0 Å². The smallest absolute Gasteiger partial charge is 0.144 e. The molecule has 6 heteroatoms. The summed E-state index contributed by atoms with van der Waals surface area (Å²) in [7, 11) is 5.43. The minimum Gasteiger partial charge on any atom is -1.00 e. The molecule has 1 aromatic rings. The van der Waals surface area contributed by atoms with Crippen molar-refractivity contribution in [2.45, 2.75) is 24.3 Å². The molecule has 4 atom stereocenters. The third kappa shape index (κ3) is 2.80. The summed E-state index contributed by atoms with van der Waals surface area (Å²) in [5.74, 6) is 0.751. The van der Waals surface area contributed by atoms with Crippen LogP contribution in [0, 0.1) is 0 Å². The number of hydrogen-bond acceptors (Lipinski definition) is 4. The fourth-order valence-electron chi connectivity index (χ4n) is 3.11. The van der Waals surface area contributed by atoms with E-state index < -0.39 is 12.2 Å². The second kappa shape index (κ2) is 6.57. The van der Waals surface area contributed by atoms with E-state index in [2.05, 4.69) is 0 Å². The Balaban J connectivity index is 0.00000200. The minimum atomic E-state index is -0.924. The average molecular weight is 395 g/mol. The molecule has 1 saturated heterocycles. The van der Waals surface area contributed by atoms with Crippen LogP contribution in [0.4, 0.5) is 0 Å². The van der Waals surface area contributed by atoms with E-state index in [9.17, 15) is 15.3 Å². The Morgan fingerprint density at radius 1 is 1.10 bits per heavy atom. The van der Waals surface area contributed by atoms with E-state index in [0.717, 1.165) is 11.3 Å². The Morgan fingerprint density at radius 3 is 2.05 bits per heavy atom. The van der Waals surface area contributed by atoms with Crippen LogP contribution in [0.3, 0.4) is 0 Å². The molecule has 0 spiro atoms. The number of likely N-dealkylation sites (tertiary alicyclic amines) is 1. The van der Waals surface area contributed by atoms with Gasteiger partial charge in [0.2, 0.25) is 0 Å². The number of likely N-dealkylation sites (N-methyl/N-ethyl adjacent to an activating group) is 1. The van der Waals surface area contributed by atoms with E-state index in [1.54, 1.807) is 7.11 Å². The lowest BCUT2D eigenvalue weighted by molar-refractivity contribution is -0.934. The number of rotatable bonds is 3. The second-order valence-corrected chi connectivity index (χ2v) is 5.58. The standard InChI is InChI=1S/C14H22NO4.HI/c1-15(2)11(8-16)13(17)14(18)12(15)9-4-6-10(19-3)7-5-9;/h4-7,11-14,16-18H,8H2,1-3H3;1H/q+1;/p-1/t11-,12-,13-,14-;/m1./s1. The molecular formula is C14H22INO4. The van der Waals surface area contributed by atoms with Gasteiger partial charge in [-0.3, -0.25) is 0 Å². The maximum atomic E-state index is 10.3. The summed E-state index contributed by atoms with van der Waals surface area (Å²) >= 11 is 0. The maximum Gasteiger partial charge on any atom is 0.144 e. The van der Waals surface area contributed by atoms with E-state index in [0.29, 0.717) is 4.48 Å². The van der Waals surface area contributed by atoms with E-state index in [1.807, 2.05) is 38.4 Å². The Labute approximate surface area is 136 Å². The molecule has 1 aliphatic heterocycles. The molecule has 20 heavy (non-hydrogen) atoms. The van der Waals surface area contributed by atoms with E-state index >= 15 is 0 Å². The van der Waals surface area contributed by atoms with Crippen molar-refractivity contribution in [1.29, 1.82) is 0 Å². The number of hydrogen-bond donors (Lipinski definition) is 3. The summed E-state index contributed by atoms with van der Waals surface area (Å²) < 4.78 is 5.47. The average Bonchev–Trinajstić information content (AvgIpc) is 2.56. The summed E-state index contributed by atoms with van der Waals surface area (Å²) in [4.78, 5) is 0. The zero-order chi connectivity index (χ0) is 14.2. The predicted molar refractivity (Wildman–Crippen MR) is 70.7 cm³/mol. The number of aliphatic hydroxyl groups excluding tert-OH is 3. The van der Waals surface area contributed by atoms with Gasteiger partial charge in [0.15, 0.2) is 0 Å². The van der Waals surface area contributed by atoms with Gasteiger partial charge in [0, 0.05) is 5.56 Å². The Kier molecular flexibility index (Phi) is 5.79. The first kappa shape index (κ1) is 17.6. The van der Waals surface area contributed by atoms with E-state index in [-0.39, 0.29) is 42.7 Å². The molecule has 0 amide bonds. The summed E-state index contributed by atoms with van der Waals surface area (Å²) in [5, 5.41) is 29.8. The number of aliphatic hydroxyl groups is 3. The van der Waals surface area contributed by atoms with Gasteiger partial charge in [0.1, 0.15) is 30.0 Å². The molecule has 5 nitrogen and oxygen atoms in total. The third-order valence-corrected chi connectivity index (χ3v) is 4.28. The fraction of sp³-hybridized carbons (Fsp3) is 0.571. The van der Waals surface area contributed by atoms with Crippen molar-refractivity contribution in [1.82, 2.24) is 0 Å². The first-order chi connectivity index (χ1) is 8.93. The highest BCUT2D eigenvalue weighted by Crippen LogP contribution is 2.41. The van der Waals surface area contributed by atoms with Crippen molar-refractivity contribution < 1.29 is 48.5 Å². The lowest BCUT2D eigenvalue weighted by Crippen LogP contribution is -3.00. The molecule has 3 N–H and O–H groups in total. The van der Waals surface area contributed by atoms with Crippen LogP contribution >= 0.6 is 0 Å². The molecule has 0 aliphatic carbocycles. The molecule has 0 unspecified atom stereocenters. The van der Waals surface area contributed by atoms with Gasteiger partial charge in [-0.2, -0.15) is 0 Å². The first-order valence-electron chi connectivity index (χ1n) is 6.37. The second-order valence-electron chi connectivity index (χ2n) is 5.58. The molecule has 0 bridgehead atoms. The largest absolute Gasteiger partial charge is 1.00 e. The zero-order valence-electron chi connectivity index (χ0n) is 11.9. The van der Waals surface area contributed by atoms with Crippen LogP contribution in [0.5, 0.6) is 5.75 Å². The van der Waals surface area contributed by atoms with Crippen molar-refractivity contribution in [3.63, 3.8) is 0 Å². The van der Waals surface area contributed by atoms with Gasteiger partial charge in [-0.15, -0.1) is 0 Å². The van der Waals surface area contributed by atoms with Gasteiger partial charge in [-0.1, -0.05) is 0 Å². The Hall–Kier alpha value is -0.410. The molecule has 0 saturated carbocycles. The van der Waals surface area contributed by atoms with Gasteiger partial charge in [0.05, 0.1) is 27.8 Å². The highest BCUT2D eigenvalue weighted by atomic mass is 127. The molecule has 1 heterocycles. The lowest BCUT2D eigenvalue weighted by atomic mass is 10.0. The third-order valence-electron chi connectivity index (χ3n) is 4.28. The van der Waals surface area contributed by atoms with Gasteiger partial charge in [-0.25, -0.2) is 0 Å². The van der Waals surface area contributed by atoms with E-state index in [1.165, 1.54) is 0 Å². The fourth-order valence-corrected chi connectivity index (χ4v) is 3.11. The monoisotopic (exact) mass is 395 g/mol. The SMILES string of the molecule is COc1ccc([C@@H]2[C@@H](O)[C@H](O)[C@@H](CO)[N+]2(C)C)cc1.[I-]. The topological polar surface area (TPSA) is 69.9 Å². The van der Waals surface area contributed by atoms with Gasteiger partial charge in [-0.05, 0) is 24.3 Å². The van der Waals surface area contributed by atoms with Crippen molar-refractivity contribution in [3.05, 3.63) is 29.8 Å². The number of ether oxygens (including phenoxy) is 1. The van der Waals surface area contributed by atoms with Crippen LogP contribution in [0.1, 0.15) is 11.6 Å². The van der Waals surface area contributed by atoms with Crippen LogP contribution < -0.4 is 28.7 Å². The molecule has 1 aromatic carbocycles. The molecule has 0 aromatic heterocycles. The van der Waals surface area contributed by atoms with Gasteiger partial charge >= 0.3 is 0 Å². The zero-order valence-corrected chi connectivity index (χ0v) is 14.1. The highest BCUT2D eigenvalue weighted by Gasteiger charge is 2.56. The normalized spacial score (nSPS) is 31.7. The number of nitrogens with zero attached hydrogens (tertiary/aromatic N) is 1. The van der Waals surface area contributed by atoms with Crippen LogP contribution in [0.25, 0.3) is 0 Å². The molecule has 0 radical (unpaired) electrons. The number of benzene rings is 1. The quantitative estimate of drug-likeness (QED) is 0.375. The molecule has 1 fully saturated rings. The minimum absolute atomic E-state index is 0. The van der Waals surface area contributed by atoms with Crippen molar-refractivity contribution >= 4 is 0 Å². The van der Waals surface area contributed by atoms with Crippen molar-refractivity contribution in [3.8, 4) is 5.75 Å². The lowest BCUT2D eigenvalue weighted by Gasteiger charge is -2.37. The van der Waals surface area contributed by atoms with Crippen LogP contribution in [-0.2, 0) is 0 Å². The van der Waals surface area contributed by atoms with Crippen LogP contribution in [0.2, 0.25) is 0 Å². The molecule has 2 rings (SSSR count). The predicted octanol–water partition coefficient (Wildman–Crippen LogP) is -3.09. The Morgan fingerprint density at radius 2 is 1.65 bits per heavy atom. The summed E-state index contributed by atoms with van der Waals surface area (Å²) in [6.45, 7) is -0.155. The Bertz CT molecular complexity index is 437. The maximum absolute atomic E-state index is 10.3. The number of methoxy groups -OCH3 is 1. The highest BCUT2D eigenvalue weighted by molar-refractivity contribution is 5.29. The summed E-state index contributed by atoms with van der Waals surface area (Å²) in [6, 6.07) is 6.79. The van der Waals surface area contributed by atoms with Crippen LogP contribution in [-0.4, -0.2) is 65.9 Å². The molecular weight excluding hydrogens is 373 g/mol. The summed E-state index contributed by atoms with van der Waals surface area (Å²) in [5.41, 5.74) is 0.924. The number of halogens is 1. The van der Waals surface area contributed by atoms with Crippen LogP contribution in [0.15, 0.2) is 24.3 Å².